The fourth-order valence-corrected chi connectivity index (χ4v) is 9.25. The fraction of sp³-hybridized carbons (Fsp3) is 0.641. The summed E-state index contributed by atoms with van der Waals surface area (Å²) in [6.07, 6.45) is 13.4. The summed E-state index contributed by atoms with van der Waals surface area (Å²) in [5, 5.41) is 2.75. The number of nitrogens with one attached hydrogen (secondary N) is 1. The van der Waals surface area contributed by atoms with Crippen LogP contribution in [0.15, 0.2) is 30.3 Å². The lowest BCUT2D eigenvalue weighted by Gasteiger charge is -2.44. The van der Waals surface area contributed by atoms with Crippen LogP contribution in [-0.4, -0.2) is 90.9 Å². The highest BCUT2D eigenvalue weighted by molar-refractivity contribution is 7.12. The number of aryl methyl sites for hydroxylation is 2. The van der Waals surface area contributed by atoms with Gasteiger partial charge >= 0.3 is 12.2 Å². The van der Waals surface area contributed by atoms with E-state index in [0.29, 0.717) is 43.8 Å². The van der Waals surface area contributed by atoms with Crippen LogP contribution in [0.1, 0.15) is 85.1 Å². The lowest BCUT2D eigenvalue weighted by molar-refractivity contribution is -0.0474. The minimum Gasteiger partial charge on any atom is -0.445 e. The Kier molecular flexibility index (Phi) is 12.8. The van der Waals surface area contributed by atoms with Gasteiger partial charge in [-0.05, 0) is 127 Å². The van der Waals surface area contributed by atoms with Gasteiger partial charge in [0.05, 0.1) is 6.54 Å². The van der Waals surface area contributed by atoms with Crippen LogP contribution in [0.3, 0.4) is 0 Å². The van der Waals surface area contributed by atoms with E-state index in [-0.39, 0.29) is 30.0 Å². The summed E-state index contributed by atoms with van der Waals surface area (Å²) >= 11 is 1.82. The number of hydrogen-bond acceptors (Lipinski definition) is 7. The molecule has 50 heavy (non-hydrogen) atoms. The van der Waals surface area contributed by atoms with Crippen LogP contribution in [-0.2, 0) is 16.0 Å². The number of thiophene rings is 1. The third-order valence-corrected chi connectivity index (χ3v) is 12.5. The van der Waals surface area contributed by atoms with Gasteiger partial charge in [0.1, 0.15) is 23.8 Å². The van der Waals surface area contributed by atoms with Gasteiger partial charge in [0, 0.05) is 41.0 Å². The molecule has 6 aliphatic heterocycles. The highest BCUT2D eigenvalue weighted by Crippen LogP contribution is 2.33. The number of benzene rings is 1. The smallest absolute Gasteiger partial charge is 0.410 e. The summed E-state index contributed by atoms with van der Waals surface area (Å²) in [4.78, 5) is 34.4. The van der Waals surface area contributed by atoms with Gasteiger partial charge in [0.15, 0.2) is 0 Å². The van der Waals surface area contributed by atoms with E-state index in [1.807, 2.05) is 16.2 Å². The van der Waals surface area contributed by atoms with Gasteiger partial charge in [-0.15, -0.1) is 11.3 Å². The molecule has 7 heterocycles. The molecule has 11 heteroatoms. The van der Waals surface area contributed by atoms with Gasteiger partial charge in [-0.3, -0.25) is 9.80 Å². The number of nitrogens with zero attached hydrogens (tertiary/aromatic N) is 3. The first-order chi connectivity index (χ1) is 24.2. The zero-order valence-corrected chi connectivity index (χ0v) is 30.5. The van der Waals surface area contributed by atoms with Crippen LogP contribution < -0.4 is 5.32 Å². The molecule has 7 aliphatic rings. The molecule has 0 unspecified atom stereocenters. The van der Waals surface area contributed by atoms with Crippen molar-refractivity contribution >= 4 is 29.6 Å². The number of halogens is 2. The second kappa shape index (κ2) is 17.5. The maximum Gasteiger partial charge on any atom is 0.410 e. The van der Waals surface area contributed by atoms with Gasteiger partial charge in [0.25, 0.3) is 0 Å². The van der Waals surface area contributed by atoms with Gasteiger partial charge in [-0.25, -0.2) is 18.4 Å². The van der Waals surface area contributed by atoms with Crippen molar-refractivity contribution in [2.45, 2.75) is 103 Å². The first-order valence-corrected chi connectivity index (χ1v) is 19.6. The van der Waals surface area contributed by atoms with Crippen LogP contribution in [0.2, 0.25) is 0 Å². The van der Waals surface area contributed by atoms with E-state index >= 15 is 0 Å². The van der Waals surface area contributed by atoms with Crippen molar-refractivity contribution in [3.8, 4) is 0 Å². The number of rotatable bonds is 10. The van der Waals surface area contributed by atoms with Crippen molar-refractivity contribution in [1.82, 2.24) is 20.0 Å². The van der Waals surface area contributed by atoms with Crippen molar-refractivity contribution in [3.05, 3.63) is 62.9 Å². The van der Waals surface area contributed by atoms with E-state index in [9.17, 15) is 18.4 Å². The molecule has 2 amide bonds. The highest BCUT2D eigenvalue weighted by atomic mass is 32.1. The quantitative estimate of drug-likeness (QED) is 0.253. The van der Waals surface area contributed by atoms with Crippen LogP contribution in [0.4, 0.5) is 18.4 Å². The molecule has 1 N–H and O–H groups in total. The van der Waals surface area contributed by atoms with Crippen molar-refractivity contribution < 1.29 is 27.8 Å². The molecule has 1 aliphatic carbocycles. The van der Waals surface area contributed by atoms with Gasteiger partial charge in [-0.1, -0.05) is 31.1 Å². The number of piperidine rings is 6. The Morgan fingerprint density at radius 1 is 0.920 bits per heavy atom. The number of hydrogen-bond donors (Lipinski definition) is 1. The normalized spacial score (nSPS) is 27.2. The van der Waals surface area contributed by atoms with Gasteiger partial charge in [0.2, 0.25) is 0 Å². The van der Waals surface area contributed by atoms with E-state index in [1.54, 1.807) is 6.08 Å². The van der Waals surface area contributed by atoms with Crippen LogP contribution >= 0.6 is 11.3 Å². The first kappa shape index (κ1) is 36.8. The van der Waals surface area contributed by atoms with Crippen LogP contribution in [0.5, 0.6) is 0 Å². The molecule has 1 aromatic carbocycles. The Hall–Kier alpha value is -3.02. The SMILES string of the molecule is Cc1cc(CN(C(=O)O[C@H]2CN3CCC2CC3)C2CCCC2)sc1C.O=C(NCCCC=Cc1c(F)cccc1F)O[C@H]1CN2CCC1CC2. The Morgan fingerprint density at radius 2 is 1.52 bits per heavy atom. The van der Waals surface area contributed by atoms with E-state index in [2.05, 4.69) is 35.0 Å². The second-order valence-electron chi connectivity index (χ2n) is 14.8. The van der Waals surface area contributed by atoms with E-state index in [0.717, 1.165) is 51.9 Å². The minimum absolute atomic E-state index is 0.00595. The Morgan fingerprint density at radius 3 is 2.06 bits per heavy atom. The lowest BCUT2D eigenvalue weighted by atomic mass is 9.86. The summed E-state index contributed by atoms with van der Waals surface area (Å²) in [5.41, 5.74) is 1.30. The molecule has 9 rings (SSSR count). The van der Waals surface area contributed by atoms with Crippen LogP contribution in [0.25, 0.3) is 6.08 Å². The van der Waals surface area contributed by atoms with Gasteiger partial charge < -0.3 is 19.7 Å². The number of amides is 2. The predicted molar refractivity (Wildman–Crippen MR) is 193 cm³/mol. The number of fused-ring (bicyclic) bond motifs is 6. The van der Waals surface area contributed by atoms with Crippen LogP contribution in [0, 0.1) is 37.3 Å². The Balaban J connectivity index is 0.000000173. The standard InChI is InChI=1S/C20H30N2O2S.C19H24F2N2O2/c1-14-11-18(25-15(14)2)12-22(17-5-3-4-6-17)20(23)24-19-13-21-9-7-16(19)8-10-21;20-16-6-4-7-17(21)15(16)5-2-1-3-10-22-19(24)25-18-13-23-11-8-14(18)9-12-23/h11,16-17,19H,3-10,12-13H2,1-2H3;2,4-7,14,18H,1,3,8-13H2,(H,22,24)/t19-;18-/m00/s1. The monoisotopic (exact) mass is 712 g/mol. The predicted octanol–water partition coefficient (Wildman–Crippen LogP) is 7.92. The highest BCUT2D eigenvalue weighted by Gasteiger charge is 2.39. The fourth-order valence-electron chi connectivity index (χ4n) is 8.20. The largest absolute Gasteiger partial charge is 0.445 e. The maximum absolute atomic E-state index is 13.4. The lowest BCUT2D eigenvalue weighted by Crippen LogP contribution is -2.53. The molecule has 6 saturated heterocycles. The number of carbonyl (C=O) groups excluding carboxylic acids is 2. The summed E-state index contributed by atoms with van der Waals surface area (Å²) < 4.78 is 38.5. The van der Waals surface area contributed by atoms with E-state index in [4.69, 9.17) is 9.47 Å². The molecule has 4 bridgehead atoms. The van der Waals surface area contributed by atoms with Gasteiger partial charge in [-0.2, -0.15) is 0 Å². The van der Waals surface area contributed by atoms with Crippen molar-refractivity contribution in [1.29, 1.82) is 0 Å². The van der Waals surface area contributed by atoms with Crippen molar-refractivity contribution in [2.75, 3.05) is 45.8 Å². The molecule has 1 aromatic heterocycles. The molecule has 0 radical (unpaired) electrons. The molecule has 8 nitrogen and oxygen atoms in total. The van der Waals surface area contributed by atoms with E-state index < -0.39 is 11.6 Å². The minimum atomic E-state index is -0.574. The van der Waals surface area contributed by atoms with Crippen molar-refractivity contribution in [2.24, 2.45) is 11.8 Å². The molecule has 2 atom stereocenters. The zero-order valence-electron chi connectivity index (χ0n) is 29.7. The summed E-state index contributed by atoms with van der Waals surface area (Å²) in [5.74, 6) is -0.0779. The molecule has 1 saturated carbocycles. The second-order valence-corrected chi connectivity index (χ2v) is 16.1. The number of carbonyl (C=O) groups is 2. The summed E-state index contributed by atoms with van der Waals surface area (Å²) in [6.45, 7) is 11.9. The molecule has 7 fully saturated rings. The molecular weight excluding hydrogens is 659 g/mol. The Bertz CT molecular complexity index is 1420. The zero-order chi connectivity index (χ0) is 35.0. The topological polar surface area (TPSA) is 74.3 Å². The Labute approximate surface area is 300 Å². The number of alkyl carbamates (subject to hydrolysis) is 1. The number of ether oxygens (including phenoxy) is 2. The van der Waals surface area contributed by atoms with Crippen molar-refractivity contribution in [3.63, 3.8) is 0 Å². The first-order valence-electron chi connectivity index (χ1n) is 18.8. The number of unbranched alkanes of at least 4 members (excludes halogenated alkanes) is 1. The van der Waals surface area contributed by atoms with E-state index in [1.165, 1.54) is 78.4 Å². The maximum atomic E-state index is 13.4. The molecule has 2 aromatic rings. The summed E-state index contributed by atoms with van der Waals surface area (Å²) in [6, 6.07) is 6.40. The average molecular weight is 713 g/mol. The number of allylic oxidation sites excluding steroid dienone is 1. The molecular formula is C39H54F2N4O4S. The molecule has 0 spiro atoms. The third-order valence-electron chi connectivity index (χ3n) is 11.3. The third kappa shape index (κ3) is 9.64. The summed E-state index contributed by atoms with van der Waals surface area (Å²) in [7, 11) is 0. The molecule has 274 valence electrons. The average Bonchev–Trinajstić information content (AvgIpc) is 3.77.